The summed E-state index contributed by atoms with van der Waals surface area (Å²) in [5.74, 6) is -0.132. The van der Waals surface area contributed by atoms with Gasteiger partial charge in [0.15, 0.2) is 6.61 Å². The number of sulfonamides is 1. The maximum absolute atomic E-state index is 13.4. The molecular formula is C20H20ClN3O6S. The lowest BCUT2D eigenvalue weighted by Crippen LogP contribution is -2.43. The molecule has 0 bridgehead atoms. The Bertz CT molecular complexity index is 1150. The van der Waals surface area contributed by atoms with Crippen molar-refractivity contribution in [2.75, 3.05) is 30.9 Å². The zero-order chi connectivity index (χ0) is 22.2. The van der Waals surface area contributed by atoms with Gasteiger partial charge in [-0.1, -0.05) is 23.7 Å². The van der Waals surface area contributed by atoms with Crippen LogP contribution in [-0.4, -0.2) is 50.8 Å². The molecule has 2 amide bonds. The molecule has 4 rings (SSSR count). The number of halogens is 1. The van der Waals surface area contributed by atoms with Crippen LogP contribution in [0, 0.1) is 0 Å². The summed E-state index contributed by atoms with van der Waals surface area (Å²) in [5.41, 5.74) is 0.752. The van der Waals surface area contributed by atoms with E-state index < -0.39 is 22.0 Å². The summed E-state index contributed by atoms with van der Waals surface area (Å²) < 4.78 is 38.5. The monoisotopic (exact) mass is 465 g/mol. The molecule has 0 saturated carbocycles. The number of hydrogen-bond donors (Lipinski definition) is 2. The summed E-state index contributed by atoms with van der Waals surface area (Å²) >= 11 is 6.24. The Labute approximate surface area is 184 Å². The van der Waals surface area contributed by atoms with Gasteiger partial charge >= 0.3 is 0 Å². The molecule has 2 N–H and O–H groups in total. The van der Waals surface area contributed by atoms with Crippen LogP contribution in [0.2, 0.25) is 5.02 Å². The summed E-state index contributed by atoms with van der Waals surface area (Å²) in [7, 11) is -2.62. The second-order valence-corrected chi connectivity index (χ2v) is 9.35. The molecule has 2 heterocycles. The zero-order valence-electron chi connectivity index (χ0n) is 16.6. The van der Waals surface area contributed by atoms with E-state index in [2.05, 4.69) is 10.6 Å². The molecule has 2 aromatic rings. The van der Waals surface area contributed by atoms with Crippen molar-refractivity contribution < 1.29 is 27.5 Å². The Hall–Kier alpha value is -2.82. The van der Waals surface area contributed by atoms with Crippen molar-refractivity contribution in [3.05, 3.63) is 41.4 Å². The summed E-state index contributed by atoms with van der Waals surface area (Å²) in [4.78, 5) is 24.3. The van der Waals surface area contributed by atoms with Crippen molar-refractivity contribution in [2.24, 2.45) is 0 Å². The van der Waals surface area contributed by atoms with Gasteiger partial charge in [0, 0.05) is 12.6 Å². The first-order valence-corrected chi connectivity index (χ1v) is 11.3. The van der Waals surface area contributed by atoms with E-state index in [4.69, 9.17) is 21.1 Å². The first-order chi connectivity index (χ1) is 14.8. The Balaban J connectivity index is 1.62. The van der Waals surface area contributed by atoms with E-state index in [1.54, 1.807) is 24.3 Å². The molecule has 2 aromatic carbocycles. The highest BCUT2D eigenvalue weighted by molar-refractivity contribution is 7.89. The van der Waals surface area contributed by atoms with E-state index in [-0.39, 0.29) is 34.7 Å². The van der Waals surface area contributed by atoms with Crippen molar-refractivity contribution in [1.82, 2.24) is 4.31 Å². The molecule has 2 aliphatic rings. The topological polar surface area (TPSA) is 114 Å². The molecule has 0 spiro atoms. The van der Waals surface area contributed by atoms with Gasteiger partial charge in [-0.15, -0.1) is 0 Å². The van der Waals surface area contributed by atoms with Gasteiger partial charge < -0.3 is 20.1 Å². The molecule has 31 heavy (non-hydrogen) atoms. The number of anilines is 2. The minimum absolute atomic E-state index is 0.0691. The predicted octanol–water partition coefficient (Wildman–Crippen LogP) is 2.47. The normalized spacial score (nSPS) is 18.6. The van der Waals surface area contributed by atoms with E-state index in [0.717, 1.165) is 4.31 Å². The van der Waals surface area contributed by atoms with Crippen LogP contribution in [0.5, 0.6) is 11.5 Å². The van der Waals surface area contributed by atoms with Crippen LogP contribution in [-0.2, 0) is 19.6 Å². The minimum atomic E-state index is -4.10. The number of benzene rings is 2. The van der Waals surface area contributed by atoms with Crippen LogP contribution in [0.15, 0.2) is 41.3 Å². The molecule has 1 saturated heterocycles. The molecule has 0 aromatic heterocycles. The van der Waals surface area contributed by atoms with Crippen molar-refractivity contribution in [3.63, 3.8) is 0 Å². The molecule has 1 atom stereocenters. The van der Waals surface area contributed by atoms with Gasteiger partial charge in [-0.25, -0.2) is 8.42 Å². The maximum Gasteiger partial charge on any atom is 0.262 e. The smallest absolute Gasteiger partial charge is 0.262 e. The number of amides is 2. The third-order valence-corrected chi connectivity index (χ3v) is 7.50. The first-order valence-electron chi connectivity index (χ1n) is 9.53. The first kappa shape index (κ1) is 21.4. The van der Waals surface area contributed by atoms with Gasteiger partial charge in [0.2, 0.25) is 15.9 Å². The van der Waals surface area contributed by atoms with Crippen LogP contribution < -0.4 is 20.1 Å². The standard InChI is InChI=1S/C20H20ClN3O6S/c1-29-16-7-3-2-5-13(16)23-20(26)15-6-4-8-24(15)31(27,28)18-10-17-14(9-12(18)21)22-19(25)11-30-17/h2-3,5,7,9-10,15H,4,6,8,11H2,1H3,(H,22,25)(H,23,26)/t15-/m0/s1. The average molecular weight is 466 g/mol. The number of para-hydroxylation sites is 2. The number of rotatable bonds is 5. The Morgan fingerprint density at radius 1 is 1.32 bits per heavy atom. The second-order valence-electron chi connectivity index (χ2n) is 7.08. The molecule has 2 aliphatic heterocycles. The number of methoxy groups -OCH3 is 1. The number of hydrogen-bond acceptors (Lipinski definition) is 6. The fourth-order valence-corrected chi connectivity index (χ4v) is 5.83. The summed E-state index contributed by atoms with van der Waals surface area (Å²) in [6.07, 6.45) is 0.897. The van der Waals surface area contributed by atoms with Gasteiger partial charge in [-0.2, -0.15) is 4.31 Å². The Morgan fingerprint density at radius 2 is 2.10 bits per heavy atom. The molecule has 0 unspecified atom stereocenters. The highest BCUT2D eigenvalue weighted by atomic mass is 35.5. The van der Waals surface area contributed by atoms with Crippen LogP contribution in [0.4, 0.5) is 11.4 Å². The fraction of sp³-hybridized carbons (Fsp3) is 0.300. The number of carbonyl (C=O) groups excluding carboxylic acids is 2. The minimum Gasteiger partial charge on any atom is -0.495 e. The van der Waals surface area contributed by atoms with Crippen LogP contribution in [0.1, 0.15) is 12.8 Å². The number of ether oxygens (including phenoxy) is 2. The quantitative estimate of drug-likeness (QED) is 0.701. The largest absolute Gasteiger partial charge is 0.495 e. The van der Waals surface area contributed by atoms with E-state index in [1.165, 1.54) is 19.2 Å². The summed E-state index contributed by atoms with van der Waals surface area (Å²) in [5, 5.41) is 5.26. The zero-order valence-corrected chi connectivity index (χ0v) is 18.1. The van der Waals surface area contributed by atoms with Crippen LogP contribution >= 0.6 is 11.6 Å². The molecule has 164 valence electrons. The van der Waals surface area contributed by atoms with E-state index >= 15 is 0 Å². The lowest BCUT2D eigenvalue weighted by Gasteiger charge is -2.25. The third kappa shape index (κ3) is 4.06. The van der Waals surface area contributed by atoms with Crippen molar-refractivity contribution in [2.45, 2.75) is 23.8 Å². The van der Waals surface area contributed by atoms with Crippen LogP contribution in [0.25, 0.3) is 0 Å². The maximum atomic E-state index is 13.4. The summed E-state index contributed by atoms with van der Waals surface area (Å²) in [6.45, 7) is -0.0425. The fourth-order valence-electron chi connectivity index (χ4n) is 3.66. The molecule has 9 nitrogen and oxygen atoms in total. The van der Waals surface area contributed by atoms with Crippen molar-refractivity contribution in [1.29, 1.82) is 0 Å². The Morgan fingerprint density at radius 3 is 2.87 bits per heavy atom. The number of nitrogens with zero attached hydrogens (tertiary/aromatic N) is 1. The van der Waals surface area contributed by atoms with E-state index in [9.17, 15) is 18.0 Å². The lowest BCUT2D eigenvalue weighted by molar-refractivity contribution is -0.119. The molecule has 0 radical (unpaired) electrons. The number of fused-ring (bicyclic) bond motifs is 1. The van der Waals surface area contributed by atoms with Gasteiger partial charge in [0.05, 0.1) is 23.5 Å². The van der Waals surface area contributed by atoms with E-state index in [1.807, 2.05) is 0 Å². The summed E-state index contributed by atoms with van der Waals surface area (Å²) in [6, 6.07) is 8.60. The van der Waals surface area contributed by atoms with Crippen molar-refractivity contribution in [3.8, 4) is 11.5 Å². The second kappa shape index (κ2) is 8.37. The highest BCUT2D eigenvalue weighted by Crippen LogP contribution is 2.38. The van der Waals surface area contributed by atoms with Gasteiger partial charge in [-0.05, 0) is 31.0 Å². The highest BCUT2D eigenvalue weighted by Gasteiger charge is 2.41. The molecule has 11 heteroatoms. The van der Waals surface area contributed by atoms with Gasteiger partial charge in [0.1, 0.15) is 22.4 Å². The van der Waals surface area contributed by atoms with Crippen LogP contribution in [0.3, 0.4) is 0 Å². The molecule has 1 fully saturated rings. The number of nitrogens with one attached hydrogen (secondary N) is 2. The predicted molar refractivity (Wildman–Crippen MR) is 114 cm³/mol. The Kier molecular flexibility index (Phi) is 5.78. The average Bonchev–Trinajstić information content (AvgIpc) is 3.24. The SMILES string of the molecule is COc1ccccc1NC(=O)[C@@H]1CCCN1S(=O)(=O)c1cc2c(cc1Cl)NC(=O)CO2. The third-order valence-electron chi connectivity index (χ3n) is 5.12. The van der Waals surface area contributed by atoms with Gasteiger partial charge in [-0.3, -0.25) is 9.59 Å². The number of carbonyl (C=O) groups is 2. The molecule has 0 aliphatic carbocycles. The van der Waals surface area contributed by atoms with E-state index in [0.29, 0.717) is 30.0 Å². The lowest BCUT2D eigenvalue weighted by atomic mass is 10.2. The molecular weight excluding hydrogens is 446 g/mol. The van der Waals surface area contributed by atoms with Crippen molar-refractivity contribution >= 4 is 44.8 Å². The van der Waals surface area contributed by atoms with Gasteiger partial charge in [0.25, 0.3) is 5.91 Å².